The van der Waals surface area contributed by atoms with Gasteiger partial charge < -0.3 is 4.52 Å². The summed E-state index contributed by atoms with van der Waals surface area (Å²) in [6.45, 7) is 0. The first-order valence-corrected chi connectivity index (χ1v) is 10.9. The van der Waals surface area contributed by atoms with Gasteiger partial charge in [0.15, 0.2) is 11.0 Å². The number of para-hydroxylation sites is 1. The van der Waals surface area contributed by atoms with Crippen LogP contribution in [0.25, 0.3) is 28.0 Å². The second-order valence-corrected chi connectivity index (χ2v) is 8.07. The maximum absolute atomic E-state index is 13.4. The van der Waals surface area contributed by atoms with E-state index in [1.54, 1.807) is 41.7 Å². The lowest BCUT2D eigenvalue weighted by atomic mass is 10.2. The van der Waals surface area contributed by atoms with Gasteiger partial charge >= 0.3 is 0 Å². The Hall–Kier alpha value is -3.30. The van der Waals surface area contributed by atoms with Gasteiger partial charge in [-0.2, -0.15) is 16.3 Å². The summed E-state index contributed by atoms with van der Waals surface area (Å²) in [5.41, 5.74) is 1.78. The van der Waals surface area contributed by atoms with Crippen molar-refractivity contribution in [3.8, 4) is 17.1 Å². The highest BCUT2D eigenvalue weighted by atomic mass is 32.2. The van der Waals surface area contributed by atoms with Gasteiger partial charge in [-0.3, -0.25) is 9.36 Å². The van der Waals surface area contributed by atoms with Crippen molar-refractivity contribution in [3.05, 3.63) is 87.4 Å². The molecule has 148 valence electrons. The summed E-state index contributed by atoms with van der Waals surface area (Å²) in [5.74, 6) is 0.936. The Labute approximate surface area is 178 Å². The summed E-state index contributed by atoms with van der Waals surface area (Å²) in [6.07, 6.45) is 0. The fourth-order valence-corrected chi connectivity index (χ4v) is 4.46. The highest BCUT2D eigenvalue weighted by Gasteiger charge is 2.15. The first-order valence-electron chi connectivity index (χ1n) is 8.95. The summed E-state index contributed by atoms with van der Waals surface area (Å²) >= 11 is 2.86. The predicted molar refractivity (Wildman–Crippen MR) is 114 cm³/mol. The average Bonchev–Trinajstić information content (AvgIpc) is 3.45. The molecule has 0 atom stereocenters. The molecule has 0 amide bonds. The number of hydrogen-bond donors (Lipinski definition) is 0. The molecule has 0 spiro atoms. The third-order valence-corrected chi connectivity index (χ3v) is 6.01. The zero-order valence-corrected chi connectivity index (χ0v) is 17.0. The fourth-order valence-electron chi connectivity index (χ4n) is 2.97. The third kappa shape index (κ3) is 3.53. The maximum atomic E-state index is 13.4. The van der Waals surface area contributed by atoms with E-state index < -0.39 is 0 Å². The SMILES string of the molecule is O=c1c2ccccc2nc(SCc2noc(-c3ccsc3)n2)n1-c1ccc(F)cc1. The minimum Gasteiger partial charge on any atom is -0.334 e. The highest BCUT2D eigenvalue weighted by molar-refractivity contribution is 7.98. The molecule has 30 heavy (non-hydrogen) atoms. The zero-order chi connectivity index (χ0) is 20.5. The molecule has 0 aliphatic carbocycles. The minimum absolute atomic E-state index is 0.221. The van der Waals surface area contributed by atoms with Crippen LogP contribution in [0.4, 0.5) is 4.39 Å². The van der Waals surface area contributed by atoms with E-state index >= 15 is 0 Å². The first-order chi connectivity index (χ1) is 14.7. The lowest BCUT2D eigenvalue weighted by Gasteiger charge is -2.12. The second kappa shape index (κ2) is 7.85. The summed E-state index contributed by atoms with van der Waals surface area (Å²) in [7, 11) is 0. The number of thioether (sulfide) groups is 1. The van der Waals surface area contributed by atoms with Crippen LogP contribution in [-0.4, -0.2) is 19.7 Å². The van der Waals surface area contributed by atoms with Crippen molar-refractivity contribution in [1.29, 1.82) is 0 Å². The predicted octanol–water partition coefficient (Wildman–Crippen LogP) is 4.93. The van der Waals surface area contributed by atoms with E-state index in [9.17, 15) is 9.18 Å². The quantitative estimate of drug-likeness (QED) is 0.287. The number of rotatable bonds is 5. The number of halogens is 1. The molecule has 0 bridgehead atoms. The van der Waals surface area contributed by atoms with Gasteiger partial charge in [0.1, 0.15) is 5.82 Å². The van der Waals surface area contributed by atoms with Crippen molar-refractivity contribution < 1.29 is 8.91 Å². The van der Waals surface area contributed by atoms with Crippen molar-refractivity contribution in [2.75, 3.05) is 0 Å². The van der Waals surface area contributed by atoms with E-state index in [-0.39, 0.29) is 11.4 Å². The molecule has 5 aromatic rings. The molecule has 5 rings (SSSR count). The van der Waals surface area contributed by atoms with E-state index in [0.717, 1.165) is 5.56 Å². The molecule has 0 radical (unpaired) electrons. The van der Waals surface area contributed by atoms with Crippen LogP contribution in [0.3, 0.4) is 0 Å². The van der Waals surface area contributed by atoms with Gasteiger partial charge in [-0.05, 0) is 47.8 Å². The molecule has 0 N–H and O–H groups in total. The molecule has 0 saturated carbocycles. The Morgan fingerprint density at radius 3 is 2.70 bits per heavy atom. The standard InChI is InChI=1S/C21H13FN4O2S2/c22-14-5-7-15(8-6-14)26-20(27)16-3-1-2-4-17(16)23-21(26)30-12-18-24-19(28-25-18)13-9-10-29-11-13/h1-11H,12H2. The number of hydrogen-bond acceptors (Lipinski definition) is 7. The molecule has 0 unspecified atom stereocenters. The molecule has 0 aliphatic heterocycles. The number of fused-ring (bicyclic) bond motifs is 1. The van der Waals surface area contributed by atoms with Gasteiger partial charge in [0.25, 0.3) is 11.4 Å². The van der Waals surface area contributed by atoms with Crippen molar-refractivity contribution in [2.45, 2.75) is 10.9 Å². The molecule has 2 aromatic carbocycles. The maximum Gasteiger partial charge on any atom is 0.266 e. The number of thiophene rings is 1. The van der Waals surface area contributed by atoms with Gasteiger partial charge in [0.2, 0.25) is 0 Å². The lowest BCUT2D eigenvalue weighted by molar-refractivity contribution is 0.425. The van der Waals surface area contributed by atoms with E-state index in [0.29, 0.717) is 39.2 Å². The number of benzene rings is 2. The lowest BCUT2D eigenvalue weighted by Crippen LogP contribution is -2.21. The Bertz CT molecular complexity index is 1380. The second-order valence-electron chi connectivity index (χ2n) is 6.34. The first kappa shape index (κ1) is 18.7. The van der Waals surface area contributed by atoms with E-state index in [1.165, 1.54) is 28.5 Å². The molecule has 0 fully saturated rings. The van der Waals surface area contributed by atoms with Crippen LogP contribution >= 0.6 is 23.1 Å². The van der Waals surface area contributed by atoms with Crippen LogP contribution in [0.5, 0.6) is 0 Å². The molecular weight excluding hydrogens is 423 g/mol. The number of nitrogens with zero attached hydrogens (tertiary/aromatic N) is 4. The highest BCUT2D eigenvalue weighted by Crippen LogP contribution is 2.26. The van der Waals surface area contributed by atoms with Crippen LogP contribution < -0.4 is 5.56 Å². The van der Waals surface area contributed by atoms with Gasteiger partial charge in [0.05, 0.1) is 27.9 Å². The monoisotopic (exact) mass is 436 g/mol. The molecular formula is C21H13FN4O2S2. The summed E-state index contributed by atoms with van der Waals surface area (Å²) in [4.78, 5) is 22.2. The Kier molecular flexibility index (Phi) is 4.89. The topological polar surface area (TPSA) is 73.8 Å². The Balaban J connectivity index is 1.53. The van der Waals surface area contributed by atoms with E-state index in [4.69, 9.17) is 4.52 Å². The van der Waals surface area contributed by atoms with Crippen LogP contribution in [0.1, 0.15) is 5.82 Å². The van der Waals surface area contributed by atoms with Crippen LogP contribution in [0, 0.1) is 5.82 Å². The van der Waals surface area contributed by atoms with Crippen LogP contribution in [-0.2, 0) is 5.75 Å². The largest absolute Gasteiger partial charge is 0.334 e. The molecule has 0 aliphatic rings. The average molecular weight is 436 g/mol. The summed E-state index contributed by atoms with van der Waals surface area (Å²) in [5, 5.41) is 8.85. The van der Waals surface area contributed by atoms with Gasteiger partial charge in [-0.15, -0.1) is 0 Å². The van der Waals surface area contributed by atoms with Crippen molar-refractivity contribution in [2.24, 2.45) is 0 Å². The molecule has 9 heteroatoms. The van der Waals surface area contributed by atoms with Crippen molar-refractivity contribution in [1.82, 2.24) is 19.7 Å². The molecule has 6 nitrogen and oxygen atoms in total. The van der Waals surface area contributed by atoms with Crippen LogP contribution in [0.15, 0.2) is 79.8 Å². The molecule has 3 heterocycles. The van der Waals surface area contributed by atoms with Gasteiger partial charge in [0, 0.05) is 5.38 Å². The normalized spacial score (nSPS) is 11.2. The van der Waals surface area contributed by atoms with Crippen LogP contribution in [0.2, 0.25) is 0 Å². The summed E-state index contributed by atoms with van der Waals surface area (Å²) < 4.78 is 20.2. The Morgan fingerprint density at radius 1 is 1.07 bits per heavy atom. The summed E-state index contributed by atoms with van der Waals surface area (Å²) in [6, 6.07) is 14.8. The van der Waals surface area contributed by atoms with Gasteiger partial charge in [-0.1, -0.05) is 29.1 Å². The molecule has 0 saturated heterocycles. The Morgan fingerprint density at radius 2 is 1.90 bits per heavy atom. The smallest absolute Gasteiger partial charge is 0.266 e. The van der Waals surface area contributed by atoms with Gasteiger partial charge in [-0.25, -0.2) is 9.37 Å². The minimum atomic E-state index is -0.373. The van der Waals surface area contributed by atoms with E-state index in [1.807, 2.05) is 22.9 Å². The van der Waals surface area contributed by atoms with E-state index in [2.05, 4.69) is 15.1 Å². The zero-order valence-electron chi connectivity index (χ0n) is 15.4. The third-order valence-electron chi connectivity index (χ3n) is 4.40. The van der Waals surface area contributed by atoms with Crippen molar-refractivity contribution >= 4 is 34.0 Å². The van der Waals surface area contributed by atoms with Crippen molar-refractivity contribution in [3.63, 3.8) is 0 Å². The number of aromatic nitrogens is 4. The molecule has 3 aromatic heterocycles. The fraction of sp³-hybridized carbons (Fsp3) is 0.0476.